The van der Waals surface area contributed by atoms with Crippen molar-refractivity contribution in [3.8, 4) is 0 Å². The maximum atomic E-state index is 12.1. The molecular formula is C48H84O24. The van der Waals surface area contributed by atoms with Crippen LogP contribution in [0.5, 0.6) is 0 Å². The van der Waals surface area contributed by atoms with Crippen molar-refractivity contribution < 1.29 is 118 Å². The van der Waals surface area contributed by atoms with Gasteiger partial charge in [-0.25, -0.2) is 0 Å². The molecule has 24 heteroatoms. The Balaban J connectivity index is 1.20. The van der Waals surface area contributed by atoms with Crippen LogP contribution in [0.1, 0.15) is 107 Å². The first-order chi connectivity index (χ1) is 34.1. The SMILES string of the molecule is CCC1OC2OC3C(CC)OC(OC4C(CC)OC(OC5C(CC)OC(OC6C(CC)OC(OC7C(C)OC(OC1C(O)C2O)C(O)C7O)C(O)C6OCCCC(C)(C)C)C(O)C5O)C(O)C4O)C(O)C3O. The molecule has 11 N–H and O–H groups in total. The lowest BCUT2D eigenvalue weighted by atomic mass is 9.91. The van der Waals surface area contributed by atoms with Gasteiger partial charge in [0, 0.05) is 6.61 Å². The van der Waals surface area contributed by atoms with E-state index in [9.17, 15) is 56.2 Å². The first-order valence-electron chi connectivity index (χ1n) is 26.0. The van der Waals surface area contributed by atoms with Crippen molar-refractivity contribution in [2.45, 2.75) is 291 Å². The third-order valence-corrected chi connectivity index (χ3v) is 15.1. The second kappa shape index (κ2) is 24.8. The van der Waals surface area contributed by atoms with Crippen LogP contribution in [0.2, 0.25) is 0 Å². The zero-order valence-electron chi connectivity index (χ0n) is 42.7. The van der Waals surface area contributed by atoms with Gasteiger partial charge in [-0.05, 0) is 57.3 Å². The van der Waals surface area contributed by atoms with E-state index in [0.717, 1.165) is 6.42 Å². The molecule has 0 aromatic carbocycles. The van der Waals surface area contributed by atoms with Gasteiger partial charge in [-0.15, -0.1) is 0 Å². The van der Waals surface area contributed by atoms with E-state index in [2.05, 4.69) is 20.8 Å². The van der Waals surface area contributed by atoms with Crippen LogP contribution >= 0.6 is 0 Å². The minimum atomic E-state index is -1.84. The highest BCUT2D eigenvalue weighted by molar-refractivity contribution is 5.01. The van der Waals surface area contributed by atoms with E-state index >= 15 is 0 Å². The Hall–Kier alpha value is -0.960. The zero-order valence-corrected chi connectivity index (χ0v) is 42.7. The molecule has 0 aromatic rings. The molecule has 0 aromatic heterocycles. The highest BCUT2D eigenvalue weighted by atomic mass is 16.8. The van der Waals surface area contributed by atoms with Crippen molar-refractivity contribution >= 4 is 0 Å². The molecular weight excluding hydrogens is 961 g/mol. The molecule has 30 atom stereocenters. The molecule has 30 unspecified atom stereocenters. The molecule has 0 amide bonds. The van der Waals surface area contributed by atoms with Gasteiger partial charge >= 0.3 is 0 Å². The lowest BCUT2D eigenvalue weighted by molar-refractivity contribution is -0.401. The van der Waals surface area contributed by atoms with E-state index in [0.29, 0.717) is 6.42 Å². The standard InChI is InChI=1S/C48H84O24/c1-10-19-36-25(50)30(55)43(62-19)69-37-20(11-2)63-44(31(56)26(37)51)70-38-21(12-3)64-45(32(57)27(38)52)71-39-22(13-4)65-46(33(58)28(39)53)72-40-23(14-5)66-47(34(59)41(40)60-17-15-16-48(7,8)9)67-35-18(6)61-42(68-36)29(54)24(35)49/h18-47,49-59H,10-17H2,1-9H3. The van der Waals surface area contributed by atoms with Crippen molar-refractivity contribution in [3.05, 3.63) is 0 Å². The van der Waals surface area contributed by atoms with Gasteiger partial charge in [0.05, 0.1) is 36.6 Å². The first-order valence-corrected chi connectivity index (χ1v) is 26.0. The molecule has 22 aliphatic rings. The fraction of sp³-hybridized carbons (Fsp3) is 1.00. The Labute approximate surface area is 420 Å². The lowest BCUT2D eigenvalue weighted by Crippen LogP contribution is -2.68. The van der Waals surface area contributed by atoms with E-state index in [1.807, 2.05) is 0 Å². The predicted octanol–water partition coefficient (Wildman–Crippen LogP) is -2.09. The quantitative estimate of drug-likeness (QED) is 0.110. The van der Waals surface area contributed by atoms with E-state index in [-0.39, 0.29) is 44.1 Å². The number of ether oxygens (including phenoxy) is 13. The van der Waals surface area contributed by atoms with Crippen LogP contribution in [0.25, 0.3) is 0 Å². The molecule has 0 aliphatic carbocycles. The molecule has 12 bridgehead atoms. The highest BCUT2D eigenvalue weighted by Crippen LogP contribution is 2.40. The first kappa shape index (κ1) is 58.7. The average molecular weight is 1050 g/mol. The third kappa shape index (κ3) is 12.3. The Morgan fingerprint density at radius 2 is 0.597 bits per heavy atom. The van der Waals surface area contributed by atoms with E-state index in [1.54, 1.807) is 34.6 Å². The van der Waals surface area contributed by atoms with Crippen LogP contribution in [0, 0.1) is 5.41 Å². The minimum absolute atomic E-state index is 0.0429. The Bertz CT molecular complexity index is 1660. The van der Waals surface area contributed by atoms with E-state index in [4.69, 9.17) is 61.6 Å². The van der Waals surface area contributed by atoms with E-state index < -0.39 is 184 Å². The summed E-state index contributed by atoms with van der Waals surface area (Å²) in [5.41, 5.74) is -0.0429. The molecule has 22 aliphatic heterocycles. The van der Waals surface area contributed by atoms with Crippen LogP contribution in [0.4, 0.5) is 0 Å². The summed E-state index contributed by atoms with van der Waals surface area (Å²) >= 11 is 0. The van der Waals surface area contributed by atoms with Crippen molar-refractivity contribution in [2.24, 2.45) is 5.41 Å². The summed E-state index contributed by atoms with van der Waals surface area (Å²) in [4.78, 5) is 0. The van der Waals surface area contributed by atoms with Crippen LogP contribution in [0.3, 0.4) is 0 Å². The number of hydrogen-bond acceptors (Lipinski definition) is 24. The Morgan fingerprint density at radius 3 is 0.917 bits per heavy atom. The van der Waals surface area contributed by atoms with Gasteiger partial charge in [0.1, 0.15) is 110 Å². The number of hydrogen-bond donors (Lipinski definition) is 11. The fourth-order valence-electron chi connectivity index (χ4n) is 10.8. The van der Waals surface area contributed by atoms with Crippen molar-refractivity contribution in [3.63, 3.8) is 0 Å². The largest absolute Gasteiger partial charge is 0.387 e. The molecule has 22 heterocycles. The second-order valence-electron chi connectivity index (χ2n) is 21.5. The molecule has 0 spiro atoms. The summed E-state index contributed by atoms with van der Waals surface area (Å²) in [6, 6.07) is 0. The summed E-state index contributed by atoms with van der Waals surface area (Å²) in [5, 5.41) is 128. The van der Waals surface area contributed by atoms with Crippen LogP contribution in [0.15, 0.2) is 0 Å². The second-order valence-corrected chi connectivity index (χ2v) is 21.5. The molecule has 0 saturated carbocycles. The zero-order chi connectivity index (χ0) is 52.7. The van der Waals surface area contributed by atoms with Gasteiger partial charge in [0.25, 0.3) is 0 Å². The molecule has 22 fully saturated rings. The summed E-state index contributed by atoms with van der Waals surface area (Å²) < 4.78 is 80.6. The fourth-order valence-corrected chi connectivity index (χ4v) is 10.8. The van der Waals surface area contributed by atoms with Crippen LogP contribution < -0.4 is 0 Å². The van der Waals surface area contributed by atoms with Crippen molar-refractivity contribution in [1.82, 2.24) is 0 Å². The summed E-state index contributed by atoms with van der Waals surface area (Å²) in [6.07, 6.45) is -42.0. The van der Waals surface area contributed by atoms with E-state index in [1.165, 1.54) is 6.92 Å². The topological polar surface area (TPSA) is 343 Å². The average Bonchev–Trinajstić information content (AvgIpc) is 3.34. The highest BCUT2D eigenvalue weighted by Gasteiger charge is 2.58. The lowest BCUT2D eigenvalue weighted by Gasteiger charge is -2.51. The van der Waals surface area contributed by atoms with Gasteiger partial charge in [-0.3, -0.25) is 0 Å². The van der Waals surface area contributed by atoms with Crippen LogP contribution in [-0.4, -0.2) is 247 Å². The molecule has 24 nitrogen and oxygen atoms in total. The van der Waals surface area contributed by atoms with Crippen molar-refractivity contribution in [1.29, 1.82) is 0 Å². The molecule has 22 saturated heterocycles. The minimum Gasteiger partial charge on any atom is -0.387 e. The van der Waals surface area contributed by atoms with Gasteiger partial charge in [-0.2, -0.15) is 0 Å². The maximum Gasteiger partial charge on any atom is 0.187 e. The van der Waals surface area contributed by atoms with Crippen molar-refractivity contribution in [2.75, 3.05) is 6.61 Å². The van der Waals surface area contributed by atoms with Gasteiger partial charge in [0.15, 0.2) is 37.7 Å². The van der Waals surface area contributed by atoms with Gasteiger partial charge in [0.2, 0.25) is 0 Å². The number of rotatable bonds is 9. The Kier molecular flexibility index (Phi) is 20.2. The molecule has 420 valence electrons. The summed E-state index contributed by atoms with van der Waals surface area (Å²) in [7, 11) is 0. The predicted molar refractivity (Wildman–Crippen MR) is 243 cm³/mol. The molecule has 22 rings (SSSR count). The number of aliphatic hydroxyl groups excluding tert-OH is 11. The maximum absolute atomic E-state index is 12.1. The number of aliphatic hydroxyl groups is 11. The van der Waals surface area contributed by atoms with Crippen LogP contribution in [-0.2, 0) is 61.6 Å². The molecule has 72 heavy (non-hydrogen) atoms. The third-order valence-electron chi connectivity index (χ3n) is 15.1. The summed E-state index contributed by atoms with van der Waals surface area (Å²) in [5.74, 6) is 0. The Morgan fingerprint density at radius 1 is 0.333 bits per heavy atom. The monoisotopic (exact) mass is 1040 g/mol. The summed E-state index contributed by atoms with van der Waals surface area (Å²) in [6.45, 7) is 16.5. The molecule has 0 radical (unpaired) electrons. The van der Waals surface area contributed by atoms with Gasteiger partial charge in [-0.1, -0.05) is 55.4 Å². The smallest absolute Gasteiger partial charge is 0.187 e. The van der Waals surface area contributed by atoms with Gasteiger partial charge < -0.3 is 118 Å². The normalized spacial score (nSPS) is 52.0.